The number of aryl methyl sites for hydroxylation is 1. The van der Waals surface area contributed by atoms with Crippen molar-refractivity contribution in [3.05, 3.63) is 35.1 Å². The number of halogens is 1. The van der Waals surface area contributed by atoms with Crippen LogP contribution in [-0.2, 0) is 6.42 Å². The average molecular weight is 174 g/mol. The van der Waals surface area contributed by atoms with E-state index in [1.165, 1.54) is 12.1 Å². The Morgan fingerprint density at radius 3 is 2.69 bits per heavy atom. The summed E-state index contributed by atoms with van der Waals surface area (Å²) in [6.07, 6.45) is 0.847. The zero-order valence-corrected chi connectivity index (χ0v) is 6.92. The van der Waals surface area contributed by atoms with Crippen LogP contribution in [0.4, 0.5) is 4.39 Å². The van der Waals surface area contributed by atoms with Crippen molar-refractivity contribution in [3.8, 4) is 12.1 Å². The lowest BCUT2D eigenvalue weighted by atomic mass is 10.0. The maximum atomic E-state index is 12.6. The molecule has 0 aliphatic rings. The zero-order valence-electron chi connectivity index (χ0n) is 6.92. The summed E-state index contributed by atoms with van der Waals surface area (Å²) < 4.78 is 12.6. The van der Waals surface area contributed by atoms with Gasteiger partial charge in [0.15, 0.2) is 0 Å². The van der Waals surface area contributed by atoms with Crippen molar-refractivity contribution in [2.45, 2.75) is 12.8 Å². The van der Waals surface area contributed by atoms with Gasteiger partial charge in [0.25, 0.3) is 0 Å². The van der Waals surface area contributed by atoms with Crippen LogP contribution in [0.15, 0.2) is 18.2 Å². The summed E-state index contributed by atoms with van der Waals surface area (Å²) in [5.41, 5.74) is 1.04. The van der Waals surface area contributed by atoms with Crippen molar-refractivity contribution in [3.63, 3.8) is 0 Å². The fourth-order valence-electron chi connectivity index (χ4n) is 1.06. The van der Waals surface area contributed by atoms with Gasteiger partial charge in [-0.25, -0.2) is 4.39 Å². The van der Waals surface area contributed by atoms with E-state index in [-0.39, 0.29) is 0 Å². The molecule has 0 unspecified atom stereocenters. The Balaban J connectivity index is 2.96. The van der Waals surface area contributed by atoms with Crippen molar-refractivity contribution in [1.82, 2.24) is 0 Å². The van der Waals surface area contributed by atoms with Crippen molar-refractivity contribution in [2.24, 2.45) is 0 Å². The van der Waals surface area contributed by atoms with Crippen LogP contribution < -0.4 is 0 Å². The molecule has 0 saturated carbocycles. The summed E-state index contributed by atoms with van der Waals surface area (Å²) in [5.74, 6) is -0.419. The van der Waals surface area contributed by atoms with Crippen LogP contribution in [-0.4, -0.2) is 0 Å². The average Bonchev–Trinajstić information content (AvgIpc) is 2.16. The predicted octanol–water partition coefficient (Wildman–Crippen LogP) is 2.15. The SMILES string of the molecule is N#CCCc1ccc(F)cc1C#N. The largest absolute Gasteiger partial charge is 0.207 e. The molecule has 3 heteroatoms. The van der Waals surface area contributed by atoms with Crippen molar-refractivity contribution in [1.29, 1.82) is 10.5 Å². The van der Waals surface area contributed by atoms with Gasteiger partial charge in [-0.1, -0.05) is 6.07 Å². The summed E-state index contributed by atoms with van der Waals surface area (Å²) in [7, 11) is 0. The zero-order chi connectivity index (χ0) is 9.68. The lowest BCUT2D eigenvalue weighted by Crippen LogP contribution is -1.90. The molecule has 0 amide bonds. The topological polar surface area (TPSA) is 47.6 Å². The molecule has 2 nitrogen and oxygen atoms in total. The molecule has 0 fully saturated rings. The number of nitriles is 2. The van der Waals surface area contributed by atoms with E-state index in [1.54, 1.807) is 6.07 Å². The van der Waals surface area contributed by atoms with E-state index in [0.29, 0.717) is 18.4 Å². The molecule has 0 aliphatic carbocycles. The molecule has 1 aromatic carbocycles. The molecule has 0 atom stereocenters. The van der Waals surface area contributed by atoms with Gasteiger partial charge in [0, 0.05) is 6.42 Å². The van der Waals surface area contributed by atoms with Gasteiger partial charge in [-0.3, -0.25) is 0 Å². The smallest absolute Gasteiger partial charge is 0.124 e. The lowest BCUT2D eigenvalue weighted by molar-refractivity contribution is 0.626. The second-order valence-corrected chi connectivity index (χ2v) is 2.57. The molecule has 0 aliphatic heterocycles. The first kappa shape index (κ1) is 9.22. The molecule has 1 aromatic rings. The van der Waals surface area contributed by atoms with Crippen molar-refractivity contribution < 1.29 is 4.39 Å². The molecule has 0 saturated heterocycles. The van der Waals surface area contributed by atoms with Gasteiger partial charge in [0.1, 0.15) is 5.82 Å². The Kier molecular flexibility index (Phi) is 3.00. The first-order valence-corrected chi connectivity index (χ1v) is 3.83. The summed E-state index contributed by atoms with van der Waals surface area (Å²) in [4.78, 5) is 0. The highest BCUT2D eigenvalue weighted by molar-refractivity contribution is 5.38. The second-order valence-electron chi connectivity index (χ2n) is 2.57. The van der Waals surface area contributed by atoms with Gasteiger partial charge < -0.3 is 0 Å². The van der Waals surface area contributed by atoms with Crippen LogP contribution in [0.25, 0.3) is 0 Å². The van der Waals surface area contributed by atoms with Crippen molar-refractivity contribution >= 4 is 0 Å². The van der Waals surface area contributed by atoms with Gasteiger partial charge in [-0.2, -0.15) is 10.5 Å². The van der Waals surface area contributed by atoms with E-state index in [0.717, 1.165) is 5.56 Å². The van der Waals surface area contributed by atoms with Crippen LogP contribution in [0.2, 0.25) is 0 Å². The van der Waals surface area contributed by atoms with Crippen LogP contribution >= 0.6 is 0 Å². The molecule has 13 heavy (non-hydrogen) atoms. The highest BCUT2D eigenvalue weighted by atomic mass is 19.1. The van der Waals surface area contributed by atoms with Crippen molar-refractivity contribution in [2.75, 3.05) is 0 Å². The summed E-state index contributed by atoms with van der Waals surface area (Å²) >= 11 is 0. The van der Waals surface area contributed by atoms with E-state index in [9.17, 15) is 4.39 Å². The molecule has 0 radical (unpaired) electrons. The van der Waals surface area contributed by atoms with Crippen LogP contribution in [0.3, 0.4) is 0 Å². The van der Waals surface area contributed by atoms with E-state index < -0.39 is 5.82 Å². The van der Waals surface area contributed by atoms with Gasteiger partial charge in [0.2, 0.25) is 0 Å². The Morgan fingerprint density at radius 1 is 1.31 bits per heavy atom. The minimum absolute atomic E-state index is 0.315. The number of hydrogen-bond donors (Lipinski definition) is 0. The third kappa shape index (κ3) is 2.28. The van der Waals surface area contributed by atoms with Gasteiger partial charge in [-0.15, -0.1) is 0 Å². The number of nitrogens with zero attached hydrogens (tertiary/aromatic N) is 2. The number of benzene rings is 1. The van der Waals surface area contributed by atoms with Crippen LogP contribution in [0.1, 0.15) is 17.5 Å². The normalized spacial score (nSPS) is 8.85. The first-order chi connectivity index (χ1) is 6.27. The molecular formula is C10H7FN2. The molecule has 0 bridgehead atoms. The fourth-order valence-corrected chi connectivity index (χ4v) is 1.06. The second kappa shape index (κ2) is 4.23. The number of hydrogen-bond acceptors (Lipinski definition) is 2. The first-order valence-electron chi connectivity index (χ1n) is 3.83. The highest BCUT2D eigenvalue weighted by Crippen LogP contribution is 2.11. The molecule has 0 N–H and O–H groups in total. The molecular weight excluding hydrogens is 167 g/mol. The summed E-state index contributed by atoms with van der Waals surface area (Å²) in [5, 5.41) is 17.0. The Morgan fingerprint density at radius 2 is 2.08 bits per heavy atom. The van der Waals surface area contributed by atoms with Crippen LogP contribution in [0.5, 0.6) is 0 Å². The van der Waals surface area contributed by atoms with E-state index >= 15 is 0 Å². The molecule has 1 rings (SSSR count). The minimum atomic E-state index is -0.419. The third-order valence-electron chi connectivity index (χ3n) is 1.70. The molecule has 0 heterocycles. The number of rotatable bonds is 2. The Bertz CT molecular complexity index is 385. The van der Waals surface area contributed by atoms with E-state index in [4.69, 9.17) is 10.5 Å². The summed E-state index contributed by atoms with van der Waals surface area (Å²) in [6.45, 7) is 0. The lowest BCUT2D eigenvalue weighted by Gasteiger charge is -1.99. The third-order valence-corrected chi connectivity index (χ3v) is 1.70. The standard InChI is InChI=1S/C10H7FN2/c11-10-4-3-8(2-1-5-12)9(6-10)7-13/h3-4,6H,1-2H2. The Hall–Kier alpha value is -1.87. The van der Waals surface area contributed by atoms with Gasteiger partial charge in [0.05, 0.1) is 17.7 Å². The maximum Gasteiger partial charge on any atom is 0.124 e. The van der Waals surface area contributed by atoms with E-state index in [2.05, 4.69) is 0 Å². The van der Waals surface area contributed by atoms with Crippen LogP contribution in [0, 0.1) is 28.5 Å². The van der Waals surface area contributed by atoms with Gasteiger partial charge in [-0.05, 0) is 24.1 Å². The highest BCUT2D eigenvalue weighted by Gasteiger charge is 2.02. The fraction of sp³-hybridized carbons (Fsp3) is 0.200. The summed E-state index contributed by atoms with van der Waals surface area (Å²) in [6, 6.07) is 7.91. The quantitative estimate of drug-likeness (QED) is 0.689. The molecule has 0 aromatic heterocycles. The van der Waals surface area contributed by atoms with Gasteiger partial charge >= 0.3 is 0 Å². The van der Waals surface area contributed by atoms with E-state index in [1.807, 2.05) is 12.1 Å². The Labute approximate surface area is 75.8 Å². The monoisotopic (exact) mass is 174 g/mol. The predicted molar refractivity (Wildman–Crippen MR) is 45.0 cm³/mol. The molecule has 64 valence electrons. The minimum Gasteiger partial charge on any atom is -0.207 e. The molecule has 0 spiro atoms. The maximum absolute atomic E-state index is 12.6.